The minimum atomic E-state index is -0.320. The number of ketones is 1. The molecular formula is C10H9NO. The molecule has 0 bridgehead atoms. The van der Waals surface area contributed by atoms with E-state index in [2.05, 4.69) is 5.92 Å². The number of terminal acetylenes is 1. The summed E-state index contributed by atoms with van der Waals surface area (Å²) in [5.41, 5.74) is 7.45. The molecule has 2 heteroatoms. The van der Waals surface area contributed by atoms with Gasteiger partial charge in [0.05, 0.1) is 0 Å². The molecule has 0 heterocycles. The average Bonchev–Trinajstić information content (AvgIpc) is 2.08. The fraction of sp³-hybridized carbons (Fsp3) is 0.100. The smallest absolute Gasteiger partial charge is 0.235 e. The van der Waals surface area contributed by atoms with Crippen LogP contribution in [0.25, 0.3) is 0 Å². The van der Waals surface area contributed by atoms with Crippen LogP contribution in [0, 0.1) is 19.3 Å². The zero-order valence-electron chi connectivity index (χ0n) is 6.79. The van der Waals surface area contributed by atoms with Crippen LogP contribution in [0.15, 0.2) is 18.2 Å². The Kier molecular flexibility index (Phi) is 2.16. The van der Waals surface area contributed by atoms with Gasteiger partial charge >= 0.3 is 0 Å². The van der Waals surface area contributed by atoms with Gasteiger partial charge in [-0.25, -0.2) is 0 Å². The van der Waals surface area contributed by atoms with Crippen LogP contribution < -0.4 is 5.73 Å². The van der Waals surface area contributed by atoms with Crippen LogP contribution in [0.4, 0.5) is 5.69 Å². The van der Waals surface area contributed by atoms with Gasteiger partial charge in [0.1, 0.15) is 0 Å². The van der Waals surface area contributed by atoms with Crippen LogP contribution in [0.5, 0.6) is 0 Å². The number of hydrogen-bond acceptors (Lipinski definition) is 2. The predicted molar refractivity (Wildman–Crippen MR) is 48.8 cm³/mol. The van der Waals surface area contributed by atoms with E-state index >= 15 is 0 Å². The lowest BCUT2D eigenvalue weighted by Crippen LogP contribution is -2.00. The Bertz CT molecular complexity index is 361. The zero-order valence-corrected chi connectivity index (χ0v) is 6.79. The molecule has 0 saturated heterocycles. The standard InChI is InChI=1S/C10H9NO/c1-3-10(12)8-5-4-6-9(11)7(8)2/h1,4-6H,11H2,2H3. The molecule has 60 valence electrons. The van der Waals surface area contributed by atoms with Gasteiger partial charge in [0.15, 0.2) is 0 Å². The van der Waals surface area contributed by atoms with Crippen molar-refractivity contribution in [2.45, 2.75) is 6.92 Å². The number of benzene rings is 1. The molecule has 0 aliphatic heterocycles. The second kappa shape index (κ2) is 3.10. The molecule has 0 unspecified atom stereocenters. The van der Waals surface area contributed by atoms with Crippen LogP contribution in [0.3, 0.4) is 0 Å². The van der Waals surface area contributed by atoms with Gasteiger partial charge in [0, 0.05) is 11.3 Å². The first kappa shape index (κ1) is 8.35. The molecule has 12 heavy (non-hydrogen) atoms. The Morgan fingerprint density at radius 3 is 2.83 bits per heavy atom. The molecule has 0 saturated carbocycles. The molecule has 0 amide bonds. The average molecular weight is 159 g/mol. The number of nitrogens with two attached hydrogens (primary N) is 1. The highest BCUT2D eigenvalue weighted by atomic mass is 16.1. The summed E-state index contributed by atoms with van der Waals surface area (Å²) in [6.07, 6.45) is 4.98. The van der Waals surface area contributed by atoms with Crippen molar-refractivity contribution < 1.29 is 4.79 Å². The first-order chi connectivity index (χ1) is 5.66. The lowest BCUT2D eigenvalue weighted by atomic mass is 10.0. The van der Waals surface area contributed by atoms with E-state index in [1.54, 1.807) is 25.1 Å². The number of anilines is 1. The van der Waals surface area contributed by atoms with E-state index in [1.807, 2.05) is 0 Å². The molecule has 1 rings (SSSR count). The van der Waals surface area contributed by atoms with Gasteiger partial charge in [-0.3, -0.25) is 4.79 Å². The Labute approximate surface area is 71.4 Å². The van der Waals surface area contributed by atoms with Crippen LogP contribution >= 0.6 is 0 Å². The monoisotopic (exact) mass is 159 g/mol. The lowest BCUT2D eigenvalue weighted by Gasteiger charge is -2.02. The number of Topliss-reactive ketones (excluding diaryl/α,β-unsaturated/α-hetero) is 1. The Morgan fingerprint density at radius 2 is 2.25 bits per heavy atom. The summed E-state index contributed by atoms with van der Waals surface area (Å²) >= 11 is 0. The SMILES string of the molecule is C#CC(=O)c1cccc(N)c1C. The second-order valence-corrected chi connectivity index (χ2v) is 2.49. The van der Waals surface area contributed by atoms with Gasteiger partial charge < -0.3 is 5.73 Å². The molecule has 0 atom stereocenters. The summed E-state index contributed by atoms with van der Waals surface area (Å²) in [6.45, 7) is 1.78. The lowest BCUT2D eigenvalue weighted by molar-refractivity contribution is 0.105. The number of rotatable bonds is 1. The highest BCUT2D eigenvalue weighted by Gasteiger charge is 2.06. The van der Waals surface area contributed by atoms with E-state index in [0.29, 0.717) is 11.3 Å². The quantitative estimate of drug-likeness (QED) is 0.291. The van der Waals surface area contributed by atoms with Crippen molar-refractivity contribution in [2.75, 3.05) is 5.73 Å². The van der Waals surface area contributed by atoms with Crippen molar-refractivity contribution in [1.29, 1.82) is 0 Å². The number of hydrogen-bond donors (Lipinski definition) is 1. The van der Waals surface area contributed by atoms with E-state index in [9.17, 15) is 4.79 Å². The van der Waals surface area contributed by atoms with Gasteiger partial charge in [0.25, 0.3) is 0 Å². The fourth-order valence-electron chi connectivity index (χ4n) is 0.977. The molecule has 0 radical (unpaired) electrons. The summed E-state index contributed by atoms with van der Waals surface area (Å²) in [5, 5.41) is 0. The van der Waals surface area contributed by atoms with Crippen LogP contribution in [-0.4, -0.2) is 5.78 Å². The predicted octanol–water partition coefficient (Wildman–Crippen LogP) is 1.39. The third-order valence-electron chi connectivity index (χ3n) is 1.75. The molecule has 1 aromatic rings. The van der Waals surface area contributed by atoms with E-state index in [0.717, 1.165) is 5.56 Å². The van der Waals surface area contributed by atoms with Crippen LogP contribution in [0.1, 0.15) is 15.9 Å². The summed E-state index contributed by atoms with van der Waals surface area (Å²) in [5.74, 6) is 1.74. The van der Waals surface area contributed by atoms with Gasteiger partial charge in [-0.05, 0) is 30.5 Å². The maximum Gasteiger partial charge on any atom is 0.235 e. The van der Waals surface area contributed by atoms with Gasteiger partial charge in [-0.1, -0.05) is 6.07 Å². The fourth-order valence-corrected chi connectivity index (χ4v) is 0.977. The number of carbonyl (C=O) groups excluding carboxylic acids is 1. The summed E-state index contributed by atoms with van der Waals surface area (Å²) in [4.78, 5) is 11.1. The van der Waals surface area contributed by atoms with E-state index < -0.39 is 0 Å². The largest absolute Gasteiger partial charge is 0.398 e. The third kappa shape index (κ3) is 1.30. The molecule has 0 aromatic heterocycles. The minimum absolute atomic E-state index is 0.320. The number of carbonyl (C=O) groups is 1. The second-order valence-electron chi connectivity index (χ2n) is 2.49. The maximum absolute atomic E-state index is 11.1. The van der Waals surface area contributed by atoms with E-state index in [4.69, 9.17) is 12.2 Å². The van der Waals surface area contributed by atoms with Crippen molar-refractivity contribution in [3.8, 4) is 12.3 Å². The highest BCUT2D eigenvalue weighted by molar-refractivity contribution is 6.10. The van der Waals surface area contributed by atoms with Crippen molar-refractivity contribution in [1.82, 2.24) is 0 Å². The molecule has 0 aliphatic rings. The van der Waals surface area contributed by atoms with Gasteiger partial charge in [-0.2, -0.15) is 0 Å². The zero-order chi connectivity index (χ0) is 9.14. The third-order valence-corrected chi connectivity index (χ3v) is 1.75. The molecule has 0 aliphatic carbocycles. The Hall–Kier alpha value is -1.75. The Morgan fingerprint density at radius 1 is 1.58 bits per heavy atom. The Balaban J connectivity index is 3.28. The summed E-state index contributed by atoms with van der Waals surface area (Å²) < 4.78 is 0. The van der Waals surface area contributed by atoms with Crippen LogP contribution in [-0.2, 0) is 0 Å². The molecular weight excluding hydrogens is 150 g/mol. The van der Waals surface area contributed by atoms with Crippen molar-refractivity contribution in [3.05, 3.63) is 29.3 Å². The molecule has 1 aromatic carbocycles. The number of nitrogen functional groups attached to an aromatic ring is 1. The van der Waals surface area contributed by atoms with E-state index in [1.165, 1.54) is 0 Å². The van der Waals surface area contributed by atoms with Crippen molar-refractivity contribution >= 4 is 11.5 Å². The minimum Gasteiger partial charge on any atom is -0.398 e. The first-order valence-corrected chi connectivity index (χ1v) is 3.53. The van der Waals surface area contributed by atoms with Crippen molar-refractivity contribution in [3.63, 3.8) is 0 Å². The van der Waals surface area contributed by atoms with Gasteiger partial charge in [-0.15, -0.1) is 6.42 Å². The molecule has 2 nitrogen and oxygen atoms in total. The topological polar surface area (TPSA) is 43.1 Å². The summed E-state index contributed by atoms with van der Waals surface area (Å²) in [7, 11) is 0. The molecule has 2 N–H and O–H groups in total. The van der Waals surface area contributed by atoms with Crippen molar-refractivity contribution in [2.24, 2.45) is 0 Å². The highest BCUT2D eigenvalue weighted by Crippen LogP contribution is 2.15. The molecule has 0 spiro atoms. The van der Waals surface area contributed by atoms with Crippen LogP contribution in [0.2, 0.25) is 0 Å². The van der Waals surface area contributed by atoms with Gasteiger partial charge in [0.2, 0.25) is 5.78 Å². The first-order valence-electron chi connectivity index (χ1n) is 3.53. The normalized spacial score (nSPS) is 9.00. The summed E-state index contributed by atoms with van der Waals surface area (Å²) in [6, 6.07) is 5.13. The maximum atomic E-state index is 11.1. The molecule has 0 fully saturated rings. The van der Waals surface area contributed by atoms with E-state index in [-0.39, 0.29) is 5.78 Å².